The van der Waals surface area contributed by atoms with E-state index in [1.54, 1.807) is 6.92 Å². The van der Waals surface area contributed by atoms with E-state index in [1.807, 2.05) is 4.90 Å². The van der Waals surface area contributed by atoms with Gasteiger partial charge in [-0.05, 0) is 51.6 Å². The Morgan fingerprint density at radius 2 is 1.94 bits per heavy atom. The summed E-state index contributed by atoms with van der Waals surface area (Å²) < 4.78 is 0. The zero-order chi connectivity index (χ0) is 13.2. The van der Waals surface area contributed by atoms with Gasteiger partial charge in [0.2, 0.25) is 5.91 Å². The quantitative estimate of drug-likeness (QED) is 0.757. The lowest BCUT2D eigenvalue weighted by molar-refractivity contribution is -0.150. The first-order valence-corrected chi connectivity index (χ1v) is 6.72. The lowest BCUT2D eigenvalue weighted by Gasteiger charge is -2.36. The molecule has 1 amide bonds. The highest BCUT2D eigenvalue weighted by atomic mass is 16.4. The first kappa shape index (κ1) is 13.3. The Hall–Kier alpha value is -1.10. The Morgan fingerprint density at radius 3 is 2.44 bits per heavy atom. The molecule has 0 unspecified atom stereocenters. The summed E-state index contributed by atoms with van der Waals surface area (Å²) in [6, 6.07) is 0. The molecule has 1 saturated carbocycles. The van der Waals surface area contributed by atoms with Gasteiger partial charge in [-0.1, -0.05) is 0 Å². The third-order valence-corrected chi connectivity index (χ3v) is 4.13. The van der Waals surface area contributed by atoms with Crippen LogP contribution in [0.1, 0.15) is 32.6 Å². The summed E-state index contributed by atoms with van der Waals surface area (Å²) in [6.07, 6.45) is 3.72. The molecule has 18 heavy (non-hydrogen) atoms. The number of piperidine rings is 1. The minimum Gasteiger partial charge on any atom is -0.481 e. The number of carboxylic acids is 1. The maximum Gasteiger partial charge on any atom is 0.309 e. The van der Waals surface area contributed by atoms with Crippen molar-refractivity contribution in [1.82, 2.24) is 10.2 Å². The second-order valence-corrected chi connectivity index (χ2v) is 5.89. The molecule has 0 atom stereocenters. The second-order valence-electron chi connectivity index (χ2n) is 5.89. The molecule has 5 heteroatoms. The molecule has 1 heterocycles. The van der Waals surface area contributed by atoms with Crippen molar-refractivity contribution in [2.24, 2.45) is 11.3 Å². The number of hydrogen-bond acceptors (Lipinski definition) is 3. The standard InChI is InChI=1S/C13H22N2O3/c1-13(12(17)18)4-6-15(7-5-13)9-11(16)14-8-10-2-3-10/h10H,2-9H2,1H3,(H,14,16)(H,17,18). The predicted molar refractivity (Wildman–Crippen MR) is 67.2 cm³/mol. The third kappa shape index (κ3) is 3.45. The molecule has 2 N–H and O–H groups in total. The fourth-order valence-corrected chi connectivity index (χ4v) is 2.26. The van der Waals surface area contributed by atoms with Crippen LogP contribution in [0.3, 0.4) is 0 Å². The van der Waals surface area contributed by atoms with Crippen LogP contribution >= 0.6 is 0 Å². The van der Waals surface area contributed by atoms with Gasteiger partial charge in [0, 0.05) is 6.54 Å². The SMILES string of the molecule is CC1(C(=O)O)CCN(CC(=O)NCC2CC2)CC1. The highest BCUT2D eigenvalue weighted by Gasteiger charge is 2.37. The van der Waals surface area contributed by atoms with Crippen molar-refractivity contribution in [1.29, 1.82) is 0 Å². The van der Waals surface area contributed by atoms with Crippen molar-refractivity contribution in [3.05, 3.63) is 0 Å². The second kappa shape index (κ2) is 5.26. The third-order valence-electron chi connectivity index (χ3n) is 4.13. The van der Waals surface area contributed by atoms with Crippen molar-refractivity contribution in [2.75, 3.05) is 26.2 Å². The zero-order valence-electron chi connectivity index (χ0n) is 10.9. The Morgan fingerprint density at radius 1 is 1.33 bits per heavy atom. The molecule has 0 spiro atoms. The van der Waals surface area contributed by atoms with Gasteiger partial charge >= 0.3 is 5.97 Å². The molecule has 2 rings (SSSR count). The Bertz CT molecular complexity index is 331. The van der Waals surface area contributed by atoms with Crippen LogP contribution in [-0.4, -0.2) is 48.1 Å². The fraction of sp³-hybridized carbons (Fsp3) is 0.846. The number of hydrogen-bond donors (Lipinski definition) is 2. The summed E-state index contributed by atoms with van der Waals surface area (Å²) >= 11 is 0. The van der Waals surface area contributed by atoms with E-state index in [1.165, 1.54) is 12.8 Å². The van der Waals surface area contributed by atoms with Gasteiger partial charge in [-0.25, -0.2) is 0 Å². The van der Waals surface area contributed by atoms with E-state index >= 15 is 0 Å². The Balaban J connectivity index is 1.69. The van der Waals surface area contributed by atoms with Gasteiger partial charge in [-0.2, -0.15) is 0 Å². The Kier molecular flexibility index (Phi) is 3.90. The predicted octanol–water partition coefficient (Wildman–Crippen LogP) is 0.699. The molecule has 1 saturated heterocycles. The van der Waals surface area contributed by atoms with Crippen LogP contribution < -0.4 is 5.32 Å². The molecule has 0 radical (unpaired) electrons. The molecule has 0 bridgehead atoms. The molecule has 2 fully saturated rings. The summed E-state index contributed by atoms with van der Waals surface area (Å²) in [6.45, 7) is 4.39. The van der Waals surface area contributed by atoms with Crippen molar-refractivity contribution in [3.8, 4) is 0 Å². The molecule has 2 aliphatic rings. The van der Waals surface area contributed by atoms with Gasteiger partial charge in [0.25, 0.3) is 0 Å². The lowest BCUT2D eigenvalue weighted by atomic mass is 9.80. The van der Waals surface area contributed by atoms with Gasteiger partial charge in [0.1, 0.15) is 0 Å². The van der Waals surface area contributed by atoms with Gasteiger partial charge < -0.3 is 10.4 Å². The molecular weight excluding hydrogens is 232 g/mol. The zero-order valence-corrected chi connectivity index (χ0v) is 10.9. The highest BCUT2D eigenvalue weighted by Crippen LogP contribution is 2.31. The first-order chi connectivity index (χ1) is 8.49. The van der Waals surface area contributed by atoms with Crippen molar-refractivity contribution in [2.45, 2.75) is 32.6 Å². The molecule has 0 aromatic rings. The highest BCUT2D eigenvalue weighted by molar-refractivity contribution is 5.78. The number of likely N-dealkylation sites (tertiary alicyclic amines) is 1. The van der Waals surface area contributed by atoms with Crippen molar-refractivity contribution in [3.63, 3.8) is 0 Å². The van der Waals surface area contributed by atoms with Crippen LogP contribution in [0.25, 0.3) is 0 Å². The van der Waals surface area contributed by atoms with Crippen molar-refractivity contribution >= 4 is 11.9 Å². The average Bonchev–Trinajstić information content (AvgIpc) is 3.13. The van der Waals surface area contributed by atoms with Gasteiger partial charge in [-0.3, -0.25) is 14.5 Å². The minimum absolute atomic E-state index is 0.0702. The van der Waals surface area contributed by atoms with Crippen LogP contribution in [0.5, 0.6) is 0 Å². The fourth-order valence-electron chi connectivity index (χ4n) is 2.26. The summed E-state index contributed by atoms with van der Waals surface area (Å²) in [4.78, 5) is 24.8. The summed E-state index contributed by atoms with van der Waals surface area (Å²) in [7, 11) is 0. The number of nitrogens with zero attached hydrogens (tertiary/aromatic N) is 1. The summed E-state index contributed by atoms with van der Waals surface area (Å²) in [5.41, 5.74) is -0.610. The van der Waals surface area contributed by atoms with E-state index in [-0.39, 0.29) is 5.91 Å². The summed E-state index contributed by atoms with van der Waals surface area (Å²) in [5.74, 6) is 0.0479. The van der Waals surface area contributed by atoms with Crippen molar-refractivity contribution < 1.29 is 14.7 Å². The van der Waals surface area contributed by atoms with Crippen LogP contribution in [0.2, 0.25) is 0 Å². The minimum atomic E-state index is -0.722. The van der Waals surface area contributed by atoms with Crippen LogP contribution in [0, 0.1) is 11.3 Å². The Labute approximate surface area is 108 Å². The molecular formula is C13H22N2O3. The van der Waals surface area contributed by atoms with Gasteiger partial charge in [0.15, 0.2) is 0 Å². The van der Waals surface area contributed by atoms with Crippen LogP contribution in [0.4, 0.5) is 0 Å². The van der Waals surface area contributed by atoms with E-state index in [0.29, 0.717) is 38.4 Å². The van der Waals surface area contributed by atoms with E-state index in [2.05, 4.69) is 5.32 Å². The topological polar surface area (TPSA) is 69.6 Å². The van der Waals surface area contributed by atoms with Gasteiger partial charge in [-0.15, -0.1) is 0 Å². The average molecular weight is 254 g/mol. The number of aliphatic carboxylic acids is 1. The molecule has 0 aromatic carbocycles. The number of carboxylic acid groups (broad SMARTS) is 1. The first-order valence-electron chi connectivity index (χ1n) is 6.72. The van der Waals surface area contributed by atoms with Gasteiger partial charge in [0.05, 0.1) is 12.0 Å². The number of carbonyl (C=O) groups excluding carboxylic acids is 1. The molecule has 5 nitrogen and oxygen atoms in total. The monoisotopic (exact) mass is 254 g/mol. The lowest BCUT2D eigenvalue weighted by Crippen LogP contribution is -2.46. The molecule has 1 aliphatic carbocycles. The number of carbonyl (C=O) groups is 2. The van der Waals surface area contributed by atoms with E-state index < -0.39 is 11.4 Å². The smallest absolute Gasteiger partial charge is 0.309 e. The number of rotatable bonds is 5. The maximum atomic E-state index is 11.7. The summed E-state index contributed by atoms with van der Waals surface area (Å²) in [5, 5.41) is 12.1. The largest absolute Gasteiger partial charge is 0.481 e. The van der Waals surface area contributed by atoms with E-state index in [9.17, 15) is 9.59 Å². The van der Waals surface area contributed by atoms with E-state index in [4.69, 9.17) is 5.11 Å². The molecule has 1 aliphatic heterocycles. The van der Waals surface area contributed by atoms with Crippen LogP contribution in [-0.2, 0) is 9.59 Å². The van der Waals surface area contributed by atoms with E-state index in [0.717, 1.165) is 6.54 Å². The van der Waals surface area contributed by atoms with Crippen LogP contribution in [0.15, 0.2) is 0 Å². The molecule has 0 aromatic heterocycles. The molecule has 102 valence electrons. The number of amides is 1. The normalized spacial score (nSPS) is 23.6. The maximum absolute atomic E-state index is 11.7. The number of nitrogens with one attached hydrogen (secondary N) is 1.